The van der Waals surface area contributed by atoms with Gasteiger partial charge in [0.25, 0.3) is 0 Å². The van der Waals surface area contributed by atoms with Gasteiger partial charge in [0.05, 0.1) is 24.1 Å². The van der Waals surface area contributed by atoms with Crippen molar-refractivity contribution >= 4 is 0 Å². The molecule has 0 amide bonds. The van der Waals surface area contributed by atoms with E-state index in [-0.39, 0.29) is 0 Å². The molecule has 0 bridgehead atoms. The average molecular weight is 288 g/mol. The molecule has 0 unspecified atom stereocenters. The molecule has 2 fully saturated rings. The first-order valence-electron chi connectivity index (χ1n) is 8.41. The Morgan fingerprint density at radius 1 is 1.14 bits per heavy atom. The van der Waals surface area contributed by atoms with Crippen molar-refractivity contribution in [2.45, 2.75) is 77.7 Å². The standard InChI is InChI=1S/C18H28N2O/c1-18(2)10-8-17(9-11-18)21-13-16-5-3-4-15(20-16)12-19-14-6-7-14/h3-5,14,17,19H,6-13H2,1-2H3. The second-order valence-electron chi connectivity index (χ2n) is 7.45. The molecule has 1 N–H and O–H groups in total. The Labute approximate surface area is 128 Å². The molecule has 21 heavy (non-hydrogen) atoms. The Balaban J connectivity index is 1.45. The largest absolute Gasteiger partial charge is 0.372 e. The predicted octanol–water partition coefficient (Wildman–Crippen LogP) is 3.82. The van der Waals surface area contributed by atoms with Crippen molar-refractivity contribution in [2.75, 3.05) is 0 Å². The normalized spacial score (nSPS) is 22.4. The van der Waals surface area contributed by atoms with Gasteiger partial charge in [-0.3, -0.25) is 4.98 Å². The fraction of sp³-hybridized carbons (Fsp3) is 0.722. The van der Waals surface area contributed by atoms with E-state index in [0.717, 1.165) is 24.0 Å². The van der Waals surface area contributed by atoms with Gasteiger partial charge in [0.1, 0.15) is 0 Å². The molecule has 2 saturated carbocycles. The lowest BCUT2D eigenvalue weighted by Crippen LogP contribution is -2.26. The fourth-order valence-electron chi connectivity index (χ4n) is 2.99. The summed E-state index contributed by atoms with van der Waals surface area (Å²) in [7, 11) is 0. The summed E-state index contributed by atoms with van der Waals surface area (Å²) in [6, 6.07) is 7.01. The predicted molar refractivity (Wildman–Crippen MR) is 84.9 cm³/mol. The summed E-state index contributed by atoms with van der Waals surface area (Å²) >= 11 is 0. The van der Waals surface area contributed by atoms with Gasteiger partial charge in [-0.05, 0) is 56.1 Å². The summed E-state index contributed by atoms with van der Waals surface area (Å²) in [6.07, 6.45) is 7.99. The highest BCUT2D eigenvalue weighted by molar-refractivity contribution is 5.11. The number of pyridine rings is 1. The van der Waals surface area contributed by atoms with Crippen LogP contribution in [-0.4, -0.2) is 17.1 Å². The molecule has 1 aromatic heterocycles. The maximum absolute atomic E-state index is 6.07. The minimum Gasteiger partial charge on any atom is -0.372 e. The zero-order chi connectivity index (χ0) is 14.7. The number of aromatic nitrogens is 1. The van der Waals surface area contributed by atoms with Crippen LogP contribution in [-0.2, 0) is 17.9 Å². The van der Waals surface area contributed by atoms with Crippen LogP contribution in [0.5, 0.6) is 0 Å². The minimum absolute atomic E-state index is 0.424. The van der Waals surface area contributed by atoms with E-state index in [0.29, 0.717) is 18.1 Å². The van der Waals surface area contributed by atoms with Gasteiger partial charge in [-0.15, -0.1) is 0 Å². The SMILES string of the molecule is CC1(C)CCC(OCc2cccc(CNC3CC3)n2)CC1. The Morgan fingerprint density at radius 2 is 1.86 bits per heavy atom. The molecule has 2 aliphatic rings. The van der Waals surface area contributed by atoms with Crippen molar-refractivity contribution in [3.8, 4) is 0 Å². The lowest BCUT2D eigenvalue weighted by molar-refractivity contribution is -0.00693. The zero-order valence-corrected chi connectivity index (χ0v) is 13.4. The molecule has 3 nitrogen and oxygen atoms in total. The van der Waals surface area contributed by atoms with E-state index in [1.54, 1.807) is 0 Å². The monoisotopic (exact) mass is 288 g/mol. The summed E-state index contributed by atoms with van der Waals surface area (Å²) in [5.74, 6) is 0. The second kappa shape index (κ2) is 6.45. The second-order valence-corrected chi connectivity index (χ2v) is 7.45. The van der Waals surface area contributed by atoms with Crippen LogP contribution in [0.25, 0.3) is 0 Å². The smallest absolute Gasteiger partial charge is 0.0891 e. The summed E-state index contributed by atoms with van der Waals surface area (Å²) in [5.41, 5.74) is 2.70. The minimum atomic E-state index is 0.424. The van der Waals surface area contributed by atoms with Gasteiger partial charge in [-0.2, -0.15) is 0 Å². The molecule has 116 valence electrons. The van der Waals surface area contributed by atoms with Crippen molar-refractivity contribution in [2.24, 2.45) is 5.41 Å². The molecular formula is C18H28N2O. The molecule has 0 spiro atoms. The summed E-state index contributed by atoms with van der Waals surface area (Å²) < 4.78 is 6.07. The maximum Gasteiger partial charge on any atom is 0.0891 e. The van der Waals surface area contributed by atoms with Crippen molar-refractivity contribution in [3.05, 3.63) is 29.6 Å². The quantitative estimate of drug-likeness (QED) is 0.864. The number of rotatable bonds is 6. The van der Waals surface area contributed by atoms with E-state index < -0.39 is 0 Å². The molecule has 0 radical (unpaired) electrons. The van der Waals surface area contributed by atoms with E-state index in [1.165, 1.54) is 38.5 Å². The van der Waals surface area contributed by atoms with E-state index in [1.807, 2.05) is 0 Å². The van der Waals surface area contributed by atoms with Crippen LogP contribution in [0.1, 0.15) is 63.8 Å². The number of hydrogen-bond acceptors (Lipinski definition) is 3. The van der Waals surface area contributed by atoms with Gasteiger partial charge < -0.3 is 10.1 Å². The van der Waals surface area contributed by atoms with Crippen LogP contribution in [0.4, 0.5) is 0 Å². The van der Waals surface area contributed by atoms with Crippen LogP contribution in [0, 0.1) is 5.41 Å². The van der Waals surface area contributed by atoms with Crippen LogP contribution in [0.15, 0.2) is 18.2 Å². The summed E-state index contributed by atoms with van der Waals surface area (Å²) in [5, 5.41) is 3.51. The molecule has 1 aromatic rings. The molecule has 3 heteroatoms. The lowest BCUT2D eigenvalue weighted by Gasteiger charge is -2.34. The van der Waals surface area contributed by atoms with Crippen molar-refractivity contribution in [1.82, 2.24) is 10.3 Å². The molecule has 3 rings (SSSR count). The fourth-order valence-corrected chi connectivity index (χ4v) is 2.99. The zero-order valence-electron chi connectivity index (χ0n) is 13.4. The highest BCUT2D eigenvalue weighted by Gasteiger charge is 2.27. The molecule has 0 aliphatic heterocycles. The van der Waals surface area contributed by atoms with Gasteiger partial charge in [-0.1, -0.05) is 19.9 Å². The molecule has 2 aliphatic carbocycles. The first-order chi connectivity index (χ1) is 10.1. The molecule has 0 atom stereocenters. The Hall–Kier alpha value is -0.930. The van der Waals surface area contributed by atoms with Gasteiger partial charge in [0.2, 0.25) is 0 Å². The van der Waals surface area contributed by atoms with E-state index in [2.05, 4.69) is 37.4 Å². The van der Waals surface area contributed by atoms with Crippen LogP contribution in [0.3, 0.4) is 0 Å². The number of nitrogens with zero attached hydrogens (tertiary/aromatic N) is 1. The topological polar surface area (TPSA) is 34.1 Å². The van der Waals surface area contributed by atoms with E-state index in [9.17, 15) is 0 Å². The van der Waals surface area contributed by atoms with E-state index in [4.69, 9.17) is 9.72 Å². The Morgan fingerprint density at radius 3 is 2.57 bits per heavy atom. The van der Waals surface area contributed by atoms with Gasteiger partial charge in [0, 0.05) is 12.6 Å². The van der Waals surface area contributed by atoms with Gasteiger partial charge in [-0.25, -0.2) is 0 Å². The highest BCUT2D eigenvalue weighted by Crippen LogP contribution is 2.36. The first kappa shape index (κ1) is 15.0. The molecular weight excluding hydrogens is 260 g/mol. The third kappa shape index (κ3) is 4.79. The maximum atomic E-state index is 6.07. The Kier molecular flexibility index (Phi) is 4.60. The average Bonchev–Trinajstić information content (AvgIpc) is 3.29. The molecule has 1 heterocycles. The highest BCUT2D eigenvalue weighted by atomic mass is 16.5. The third-order valence-corrected chi connectivity index (χ3v) is 4.77. The number of ether oxygens (including phenoxy) is 1. The van der Waals surface area contributed by atoms with Crippen LogP contribution < -0.4 is 5.32 Å². The lowest BCUT2D eigenvalue weighted by atomic mass is 9.76. The Bertz CT molecular complexity index is 458. The van der Waals surface area contributed by atoms with Crippen molar-refractivity contribution < 1.29 is 4.74 Å². The first-order valence-corrected chi connectivity index (χ1v) is 8.41. The number of hydrogen-bond donors (Lipinski definition) is 1. The molecule has 0 aromatic carbocycles. The summed E-state index contributed by atoms with van der Waals surface area (Å²) in [6.45, 7) is 6.26. The third-order valence-electron chi connectivity index (χ3n) is 4.77. The van der Waals surface area contributed by atoms with E-state index >= 15 is 0 Å². The number of nitrogens with one attached hydrogen (secondary N) is 1. The van der Waals surface area contributed by atoms with Crippen LogP contribution in [0.2, 0.25) is 0 Å². The van der Waals surface area contributed by atoms with Crippen molar-refractivity contribution in [1.29, 1.82) is 0 Å². The van der Waals surface area contributed by atoms with Gasteiger partial charge in [0.15, 0.2) is 0 Å². The summed E-state index contributed by atoms with van der Waals surface area (Å²) in [4.78, 5) is 4.70. The van der Waals surface area contributed by atoms with Crippen molar-refractivity contribution in [3.63, 3.8) is 0 Å². The van der Waals surface area contributed by atoms with Gasteiger partial charge >= 0.3 is 0 Å². The van der Waals surface area contributed by atoms with Crippen LogP contribution >= 0.6 is 0 Å². The molecule has 0 saturated heterocycles.